The van der Waals surface area contributed by atoms with Crippen LogP contribution >= 0.6 is 31.9 Å². The van der Waals surface area contributed by atoms with E-state index in [1.165, 1.54) is 15.9 Å². The van der Waals surface area contributed by atoms with E-state index in [0.717, 1.165) is 8.95 Å². The minimum absolute atomic E-state index is 0.171. The van der Waals surface area contributed by atoms with Crippen molar-refractivity contribution >= 4 is 52.8 Å². The van der Waals surface area contributed by atoms with Crippen LogP contribution in [0.2, 0.25) is 0 Å². The molecule has 1 heterocycles. The number of fused-ring (bicyclic) bond motifs is 1. The summed E-state index contributed by atoms with van der Waals surface area (Å²) < 4.78 is 31.4. The summed E-state index contributed by atoms with van der Waals surface area (Å²) in [6.07, 6.45) is 0.424. The fourth-order valence-electron chi connectivity index (χ4n) is 3.76. The summed E-state index contributed by atoms with van der Waals surface area (Å²) in [5.74, 6) is 0.367. The first-order valence-electron chi connectivity index (χ1n) is 10.2. The Morgan fingerprint density at radius 1 is 0.939 bits per heavy atom. The number of hydrogen-bond donors (Lipinski definition) is 0. The van der Waals surface area contributed by atoms with Gasteiger partial charge in [0.05, 0.1) is 27.5 Å². The average molecular weight is 591 g/mol. The van der Waals surface area contributed by atoms with Gasteiger partial charge in [-0.2, -0.15) is 4.31 Å². The molecule has 1 unspecified atom stereocenters. The van der Waals surface area contributed by atoms with Gasteiger partial charge in [0.1, 0.15) is 5.82 Å². The average Bonchev–Trinajstić information content (AvgIpc) is 2.81. The molecule has 4 aromatic rings. The highest BCUT2D eigenvalue weighted by molar-refractivity contribution is 9.10. The smallest absolute Gasteiger partial charge is 0.266 e. The summed E-state index contributed by atoms with van der Waals surface area (Å²) in [7, 11) is -2.31. The van der Waals surface area contributed by atoms with Crippen LogP contribution in [0.25, 0.3) is 16.6 Å². The zero-order valence-corrected chi connectivity index (χ0v) is 21.9. The summed E-state index contributed by atoms with van der Waals surface area (Å²) in [5.41, 5.74) is 0.897. The molecule has 0 saturated carbocycles. The second-order valence-corrected chi connectivity index (χ2v) is 11.3. The predicted octanol–water partition coefficient (Wildman–Crippen LogP) is 5.68. The number of aromatic nitrogens is 2. The first-order chi connectivity index (χ1) is 15.7. The van der Waals surface area contributed by atoms with Crippen molar-refractivity contribution in [2.24, 2.45) is 0 Å². The molecule has 0 N–H and O–H groups in total. The second kappa shape index (κ2) is 9.50. The third kappa shape index (κ3) is 4.55. The van der Waals surface area contributed by atoms with E-state index in [9.17, 15) is 13.2 Å². The normalized spacial score (nSPS) is 12.9. The molecule has 1 atom stereocenters. The Hall–Kier alpha value is -2.33. The molecule has 0 fully saturated rings. The lowest BCUT2D eigenvalue weighted by molar-refractivity contribution is 0.347. The Labute approximate surface area is 209 Å². The van der Waals surface area contributed by atoms with Crippen molar-refractivity contribution in [2.75, 3.05) is 7.05 Å². The van der Waals surface area contributed by atoms with Gasteiger partial charge in [-0.1, -0.05) is 50.9 Å². The fraction of sp³-hybridized carbons (Fsp3) is 0.167. The molecule has 0 radical (unpaired) electrons. The predicted molar refractivity (Wildman–Crippen MR) is 137 cm³/mol. The van der Waals surface area contributed by atoms with Gasteiger partial charge in [0.15, 0.2) is 0 Å². The number of hydrogen-bond acceptors (Lipinski definition) is 4. The molecule has 33 heavy (non-hydrogen) atoms. The van der Waals surface area contributed by atoms with Crippen LogP contribution in [0.3, 0.4) is 0 Å². The largest absolute Gasteiger partial charge is 0.268 e. The highest BCUT2D eigenvalue weighted by Gasteiger charge is 2.32. The Morgan fingerprint density at radius 2 is 1.52 bits per heavy atom. The number of nitrogens with zero attached hydrogens (tertiary/aromatic N) is 3. The molecule has 0 aliphatic rings. The summed E-state index contributed by atoms with van der Waals surface area (Å²) in [4.78, 5) is 18.5. The van der Waals surface area contributed by atoms with Crippen molar-refractivity contribution in [3.8, 4) is 5.69 Å². The zero-order chi connectivity index (χ0) is 23.8. The van der Waals surface area contributed by atoms with Crippen molar-refractivity contribution < 1.29 is 8.42 Å². The first kappa shape index (κ1) is 23.8. The van der Waals surface area contributed by atoms with Crippen LogP contribution in [-0.2, 0) is 10.0 Å². The van der Waals surface area contributed by atoms with Gasteiger partial charge in [-0.3, -0.25) is 9.36 Å². The Morgan fingerprint density at radius 3 is 2.12 bits per heavy atom. The van der Waals surface area contributed by atoms with Crippen LogP contribution in [0.15, 0.2) is 91.4 Å². The zero-order valence-electron chi connectivity index (χ0n) is 17.9. The molecule has 0 amide bonds. The van der Waals surface area contributed by atoms with Crippen LogP contribution in [-0.4, -0.2) is 29.3 Å². The molecule has 0 spiro atoms. The maximum atomic E-state index is 13.6. The van der Waals surface area contributed by atoms with E-state index in [-0.39, 0.29) is 10.5 Å². The van der Waals surface area contributed by atoms with Gasteiger partial charge in [0, 0.05) is 16.0 Å². The van der Waals surface area contributed by atoms with Crippen LogP contribution in [0.1, 0.15) is 25.2 Å². The Kier molecular flexibility index (Phi) is 6.86. The number of para-hydroxylation sites is 1. The van der Waals surface area contributed by atoms with Crippen LogP contribution < -0.4 is 5.56 Å². The van der Waals surface area contributed by atoms with Gasteiger partial charge >= 0.3 is 0 Å². The van der Waals surface area contributed by atoms with Gasteiger partial charge in [0.25, 0.3) is 5.56 Å². The molecule has 0 bridgehead atoms. The SMILES string of the molecule is CCC(c1nc2ccccc2c(=O)n1-c1ccc(Br)cc1)N(C)S(=O)(=O)c1ccc(Br)cc1. The first-order valence-corrected chi connectivity index (χ1v) is 13.3. The molecule has 4 rings (SSSR count). The van der Waals surface area contributed by atoms with Crippen molar-refractivity contribution in [3.63, 3.8) is 0 Å². The molecule has 3 aromatic carbocycles. The number of rotatable bonds is 6. The molecule has 0 aliphatic carbocycles. The van der Waals surface area contributed by atoms with Gasteiger partial charge < -0.3 is 0 Å². The quantitative estimate of drug-likeness (QED) is 0.289. The van der Waals surface area contributed by atoms with Crippen molar-refractivity contribution in [3.05, 3.63) is 97.9 Å². The van der Waals surface area contributed by atoms with Gasteiger partial charge in [-0.05, 0) is 67.1 Å². The van der Waals surface area contributed by atoms with Gasteiger partial charge in [-0.15, -0.1) is 0 Å². The van der Waals surface area contributed by atoms with E-state index in [4.69, 9.17) is 4.98 Å². The monoisotopic (exact) mass is 589 g/mol. The number of sulfonamides is 1. The van der Waals surface area contributed by atoms with E-state index in [1.54, 1.807) is 54.6 Å². The standard InChI is InChI=1S/C24H21Br2N3O3S/c1-3-22(28(2)33(31,32)19-14-10-17(26)11-15-19)23-27-21-7-5-4-6-20(21)24(30)29(23)18-12-8-16(25)9-13-18/h4-15,22H,3H2,1-2H3. The molecular formula is C24H21Br2N3O3S. The van der Waals surface area contributed by atoms with Gasteiger partial charge in [0.2, 0.25) is 10.0 Å². The van der Waals surface area contributed by atoms with Crippen LogP contribution in [0, 0.1) is 0 Å². The molecule has 0 saturated heterocycles. The molecule has 0 aliphatic heterocycles. The summed E-state index contributed by atoms with van der Waals surface area (Å²) in [6.45, 7) is 1.88. The maximum absolute atomic E-state index is 13.6. The highest BCUT2D eigenvalue weighted by atomic mass is 79.9. The lowest BCUT2D eigenvalue weighted by Crippen LogP contribution is -2.36. The van der Waals surface area contributed by atoms with E-state index in [0.29, 0.717) is 28.8 Å². The van der Waals surface area contributed by atoms with Crippen molar-refractivity contribution in [1.82, 2.24) is 13.9 Å². The lowest BCUT2D eigenvalue weighted by atomic mass is 10.1. The molecule has 9 heteroatoms. The Bertz CT molecular complexity index is 1470. The van der Waals surface area contributed by atoms with E-state index >= 15 is 0 Å². The minimum atomic E-state index is -3.84. The van der Waals surface area contributed by atoms with E-state index in [1.807, 2.05) is 25.1 Å². The number of benzene rings is 3. The molecule has 170 valence electrons. The van der Waals surface area contributed by atoms with Crippen LogP contribution in [0.5, 0.6) is 0 Å². The highest BCUT2D eigenvalue weighted by Crippen LogP contribution is 2.30. The van der Waals surface area contributed by atoms with Crippen molar-refractivity contribution in [2.45, 2.75) is 24.3 Å². The summed E-state index contributed by atoms with van der Waals surface area (Å²) in [6, 6.07) is 20.2. The van der Waals surface area contributed by atoms with Crippen molar-refractivity contribution in [1.29, 1.82) is 0 Å². The third-order valence-electron chi connectivity index (χ3n) is 5.50. The number of halogens is 2. The van der Waals surface area contributed by atoms with Crippen LogP contribution in [0.4, 0.5) is 0 Å². The third-order valence-corrected chi connectivity index (χ3v) is 8.44. The van der Waals surface area contributed by atoms with Gasteiger partial charge in [-0.25, -0.2) is 13.4 Å². The molecule has 6 nitrogen and oxygen atoms in total. The fourth-order valence-corrected chi connectivity index (χ4v) is 5.68. The lowest BCUT2D eigenvalue weighted by Gasteiger charge is -2.28. The Balaban J connectivity index is 1.94. The summed E-state index contributed by atoms with van der Waals surface area (Å²) >= 11 is 6.76. The summed E-state index contributed by atoms with van der Waals surface area (Å²) in [5, 5.41) is 0.470. The molecule has 1 aromatic heterocycles. The minimum Gasteiger partial charge on any atom is -0.268 e. The molecular weight excluding hydrogens is 570 g/mol. The van der Waals surface area contributed by atoms with E-state index < -0.39 is 16.1 Å². The maximum Gasteiger partial charge on any atom is 0.266 e. The second-order valence-electron chi connectivity index (χ2n) is 7.50. The topological polar surface area (TPSA) is 72.3 Å². The van der Waals surface area contributed by atoms with E-state index in [2.05, 4.69) is 31.9 Å².